The summed E-state index contributed by atoms with van der Waals surface area (Å²) >= 11 is 0. The monoisotopic (exact) mass is 403 g/mol. The Kier molecular flexibility index (Phi) is 4.89. The quantitative estimate of drug-likeness (QED) is 0.297. The Bertz CT molecular complexity index is 1180. The summed E-state index contributed by atoms with van der Waals surface area (Å²) in [5.41, 5.74) is 2.67. The van der Waals surface area contributed by atoms with Gasteiger partial charge in [0, 0.05) is 23.8 Å². The highest BCUT2D eigenvalue weighted by Gasteiger charge is 2.33. The number of nitro groups is 1. The van der Waals surface area contributed by atoms with E-state index in [1.807, 2.05) is 31.2 Å². The smallest absolute Gasteiger partial charge is 0.329 e. The van der Waals surface area contributed by atoms with Gasteiger partial charge in [-0.05, 0) is 36.8 Å². The van der Waals surface area contributed by atoms with Gasteiger partial charge in [-0.25, -0.2) is 4.79 Å². The molecule has 8 heteroatoms. The number of benzene rings is 2. The molecule has 0 atom stereocenters. The van der Waals surface area contributed by atoms with Crippen molar-refractivity contribution in [3.63, 3.8) is 0 Å². The topological polar surface area (TPSA) is 106 Å². The highest BCUT2D eigenvalue weighted by Crippen LogP contribution is 2.26. The first-order chi connectivity index (χ1) is 14.4. The molecule has 2 heterocycles. The molecule has 0 bridgehead atoms. The van der Waals surface area contributed by atoms with Crippen molar-refractivity contribution >= 4 is 23.7 Å². The Morgan fingerprint density at radius 1 is 1.10 bits per heavy atom. The maximum absolute atomic E-state index is 12.7. The number of hydrogen-bond acceptors (Lipinski definition) is 5. The minimum Gasteiger partial charge on any atom is -0.457 e. The van der Waals surface area contributed by atoms with Gasteiger partial charge in [-0.15, -0.1) is 0 Å². The van der Waals surface area contributed by atoms with Crippen molar-refractivity contribution in [1.29, 1.82) is 0 Å². The van der Waals surface area contributed by atoms with Gasteiger partial charge in [0.25, 0.3) is 11.6 Å². The molecular formula is C22H17N3O5. The number of hydrogen-bond donors (Lipinski definition) is 1. The van der Waals surface area contributed by atoms with Crippen LogP contribution < -0.4 is 5.32 Å². The Morgan fingerprint density at radius 3 is 2.57 bits per heavy atom. The third kappa shape index (κ3) is 3.83. The third-order valence-corrected chi connectivity index (χ3v) is 4.66. The molecule has 1 saturated heterocycles. The molecule has 1 aliphatic rings. The number of carbonyl (C=O) groups is 2. The van der Waals surface area contributed by atoms with Crippen molar-refractivity contribution in [2.75, 3.05) is 0 Å². The molecule has 0 unspecified atom stereocenters. The Balaban J connectivity index is 1.52. The van der Waals surface area contributed by atoms with Gasteiger partial charge in [0.15, 0.2) is 0 Å². The first-order valence-electron chi connectivity index (χ1n) is 9.15. The molecule has 4 rings (SSSR count). The molecule has 150 valence electrons. The zero-order valence-electron chi connectivity index (χ0n) is 16.0. The van der Waals surface area contributed by atoms with E-state index < -0.39 is 16.9 Å². The number of nitrogens with zero attached hydrogens (tertiary/aromatic N) is 2. The first-order valence-corrected chi connectivity index (χ1v) is 9.15. The van der Waals surface area contributed by atoms with Crippen LogP contribution in [0.5, 0.6) is 0 Å². The van der Waals surface area contributed by atoms with Crippen molar-refractivity contribution < 1.29 is 18.9 Å². The minimum absolute atomic E-state index is 0.0133. The molecule has 1 aliphatic heterocycles. The van der Waals surface area contributed by atoms with Crippen LogP contribution in [0.2, 0.25) is 0 Å². The number of furan rings is 1. The van der Waals surface area contributed by atoms with E-state index in [4.69, 9.17) is 4.42 Å². The predicted octanol–water partition coefficient (Wildman–Crippen LogP) is 4.26. The molecule has 1 aromatic heterocycles. The number of amides is 3. The summed E-state index contributed by atoms with van der Waals surface area (Å²) in [6.45, 7) is 2.12. The number of rotatable bonds is 5. The number of carbonyl (C=O) groups excluding carboxylic acids is 2. The Labute approximate surface area is 171 Å². The molecule has 1 N–H and O–H groups in total. The van der Waals surface area contributed by atoms with E-state index in [0.717, 1.165) is 16.0 Å². The van der Waals surface area contributed by atoms with Gasteiger partial charge < -0.3 is 9.73 Å². The normalized spacial score (nSPS) is 15.0. The summed E-state index contributed by atoms with van der Waals surface area (Å²) in [6.07, 6.45) is 1.46. The molecule has 3 aromatic rings. The van der Waals surface area contributed by atoms with Crippen molar-refractivity contribution in [3.05, 3.63) is 93.4 Å². The van der Waals surface area contributed by atoms with Gasteiger partial charge in [0.2, 0.25) is 0 Å². The Hall–Kier alpha value is -4.20. The van der Waals surface area contributed by atoms with Crippen LogP contribution in [0.25, 0.3) is 17.4 Å². The molecule has 2 aromatic carbocycles. The molecular weight excluding hydrogens is 386 g/mol. The maximum atomic E-state index is 12.7. The van der Waals surface area contributed by atoms with Crippen LogP contribution in [0, 0.1) is 17.0 Å². The SMILES string of the molecule is Cc1cccc(CN2C(=O)N/C(=C\c3ccc(-c4ccc([N+](=O)[O-])cc4)o3)C2=O)c1. The van der Waals surface area contributed by atoms with Crippen LogP contribution in [0.1, 0.15) is 16.9 Å². The molecule has 3 amide bonds. The fourth-order valence-corrected chi connectivity index (χ4v) is 3.18. The van der Waals surface area contributed by atoms with E-state index in [2.05, 4.69) is 5.32 Å². The van der Waals surface area contributed by atoms with E-state index >= 15 is 0 Å². The molecule has 0 aliphatic carbocycles. The summed E-state index contributed by atoms with van der Waals surface area (Å²) < 4.78 is 5.72. The lowest BCUT2D eigenvalue weighted by molar-refractivity contribution is -0.384. The highest BCUT2D eigenvalue weighted by molar-refractivity contribution is 6.13. The second-order valence-electron chi connectivity index (χ2n) is 6.87. The lowest BCUT2D eigenvalue weighted by atomic mass is 10.1. The van der Waals surface area contributed by atoms with Gasteiger partial charge in [0.05, 0.1) is 11.5 Å². The van der Waals surface area contributed by atoms with Gasteiger partial charge in [-0.3, -0.25) is 19.8 Å². The highest BCUT2D eigenvalue weighted by atomic mass is 16.6. The third-order valence-electron chi connectivity index (χ3n) is 4.66. The number of non-ortho nitro benzene ring substituents is 1. The van der Waals surface area contributed by atoms with Crippen molar-refractivity contribution in [1.82, 2.24) is 10.2 Å². The number of aryl methyl sites for hydroxylation is 1. The van der Waals surface area contributed by atoms with E-state index in [-0.39, 0.29) is 17.9 Å². The number of urea groups is 1. The van der Waals surface area contributed by atoms with Crippen LogP contribution in [0.4, 0.5) is 10.5 Å². The van der Waals surface area contributed by atoms with Crippen molar-refractivity contribution in [2.45, 2.75) is 13.5 Å². The van der Waals surface area contributed by atoms with Gasteiger partial charge in [-0.2, -0.15) is 0 Å². The summed E-state index contributed by atoms with van der Waals surface area (Å²) in [7, 11) is 0. The van der Waals surface area contributed by atoms with E-state index in [1.54, 1.807) is 24.3 Å². The van der Waals surface area contributed by atoms with Crippen LogP contribution >= 0.6 is 0 Å². The van der Waals surface area contributed by atoms with E-state index in [9.17, 15) is 19.7 Å². The summed E-state index contributed by atoms with van der Waals surface area (Å²) in [6, 6.07) is 16.4. The lowest BCUT2D eigenvalue weighted by Crippen LogP contribution is -2.30. The Morgan fingerprint density at radius 2 is 1.87 bits per heavy atom. The molecule has 30 heavy (non-hydrogen) atoms. The first kappa shape index (κ1) is 19.1. The molecule has 0 spiro atoms. The molecule has 0 saturated carbocycles. The predicted molar refractivity (Wildman–Crippen MR) is 109 cm³/mol. The van der Waals surface area contributed by atoms with Gasteiger partial charge in [-0.1, -0.05) is 29.8 Å². The number of nitrogens with one attached hydrogen (secondary N) is 1. The van der Waals surface area contributed by atoms with Crippen LogP contribution in [-0.2, 0) is 11.3 Å². The van der Waals surface area contributed by atoms with Crippen molar-refractivity contribution in [2.24, 2.45) is 0 Å². The summed E-state index contributed by atoms with van der Waals surface area (Å²) in [5.74, 6) is 0.435. The zero-order valence-corrected chi connectivity index (χ0v) is 16.0. The summed E-state index contributed by atoms with van der Waals surface area (Å²) in [4.78, 5) is 36.3. The minimum atomic E-state index is -0.491. The molecule has 8 nitrogen and oxygen atoms in total. The molecule has 1 fully saturated rings. The number of imide groups is 1. The number of nitro benzene ring substituents is 1. The maximum Gasteiger partial charge on any atom is 0.329 e. The zero-order chi connectivity index (χ0) is 21.3. The van der Waals surface area contributed by atoms with Gasteiger partial charge in [0.1, 0.15) is 17.2 Å². The summed E-state index contributed by atoms with van der Waals surface area (Å²) in [5, 5.41) is 13.3. The van der Waals surface area contributed by atoms with Gasteiger partial charge >= 0.3 is 6.03 Å². The standard InChI is InChI=1S/C22H17N3O5/c1-14-3-2-4-15(11-14)13-24-21(26)19(23-22(24)27)12-18-9-10-20(30-18)16-5-7-17(8-6-16)25(28)29/h2-12H,13H2,1H3,(H,23,27)/b19-12-. The van der Waals surface area contributed by atoms with Crippen LogP contribution in [0.3, 0.4) is 0 Å². The molecule has 0 radical (unpaired) electrons. The van der Waals surface area contributed by atoms with Crippen LogP contribution in [0.15, 0.2) is 70.8 Å². The van der Waals surface area contributed by atoms with Crippen LogP contribution in [-0.4, -0.2) is 21.8 Å². The average Bonchev–Trinajstić information content (AvgIpc) is 3.29. The van der Waals surface area contributed by atoms with E-state index in [0.29, 0.717) is 17.1 Å². The average molecular weight is 403 g/mol. The largest absolute Gasteiger partial charge is 0.457 e. The van der Waals surface area contributed by atoms with Crippen molar-refractivity contribution in [3.8, 4) is 11.3 Å². The lowest BCUT2D eigenvalue weighted by Gasteiger charge is -2.12. The second kappa shape index (κ2) is 7.67. The fourth-order valence-electron chi connectivity index (χ4n) is 3.18. The fraction of sp³-hybridized carbons (Fsp3) is 0.0909. The van der Waals surface area contributed by atoms with E-state index in [1.165, 1.54) is 18.2 Å². The second-order valence-corrected chi connectivity index (χ2v) is 6.87.